The van der Waals surface area contributed by atoms with Crippen LogP contribution in [0.2, 0.25) is 0 Å². The van der Waals surface area contributed by atoms with Crippen molar-refractivity contribution in [1.82, 2.24) is 0 Å². The second-order valence-electron chi connectivity index (χ2n) is 5.28. The lowest BCUT2D eigenvalue weighted by Crippen LogP contribution is -2.32. The number of carbonyl (C=O) groups is 1. The fourth-order valence-corrected chi connectivity index (χ4v) is 2.64. The van der Waals surface area contributed by atoms with Crippen LogP contribution in [0.25, 0.3) is 0 Å². The highest BCUT2D eigenvalue weighted by molar-refractivity contribution is 5.61. The molecule has 0 fully saturated rings. The molecule has 17 heavy (non-hydrogen) atoms. The van der Waals surface area contributed by atoms with Crippen LogP contribution in [0.15, 0.2) is 36.5 Å². The van der Waals surface area contributed by atoms with Crippen molar-refractivity contribution in [3.8, 4) is 0 Å². The summed E-state index contributed by atoms with van der Waals surface area (Å²) in [5.74, 6) is 0.377. The molecule has 0 saturated heterocycles. The van der Waals surface area contributed by atoms with Gasteiger partial charge in [0.25, 0.3) is 0 Å². The van der Waals surface area contributed by atoms with Gasteiger partial charge in [0.15, 0.2) is 0 Å². The minimum Gasteiger partial charge on any atom is -0.303 e. The second-order valence-corrected chi connectivity index (χ2v) is 5.28. The molecule has 0 aliphatic heterocycles. The van der Waals surface area contributed by atoms with E-state index >= 15 is 0 Å². The van der Waals surface area contributed by atoms with E-state index < -0.39 is 0 Å². The summed E-state index contributed by atoms with van der Waals surface area (Å²) in [6.07, 6.45) is 14.7. The van der Waals surface area contributed by atoms with Crippen LogP contribution < -0.4 is 0 Å². The summed E-state index contributed by atoms with van der Waals surface area (Å²) in [6, 6.07) is 0. The Kier molecular flexibility index (Phi) is 5.40. The normalized spacial score (nSPS) is 27.5. The van der Waals surface area contributed by atoms with Gasteiger partial charge in [-0.15, -0.1) is 6.58 Å². The van der Waals surface area contributed by atoms with Gasteiger partial charge in [-0.1, -0.05) is 29.9 Å². The molecule has 0 amide bonds. The van der Waals surface area contributed by atoms with Gasteiger partial charge in [-0.3, -0.25) is 0 Å². The Bertz CT molecular complexity index is 320. The van der Waals surface area contributed by atoms with Gasteiger partial charge in [-0.2, -0.15) is 0 Å². The first-order valence-corrected chi connectivity index (χ1v) is 6.52. The fraction of sp³-hybridized carbons (Fsp3) is 0.562. The molecule has 1 aliphatic rings. The van der Waals surface area contributed by atoms with E-state index in [0.717, 1.165) is 32.1 Å². The van der Waals surface area contributed by atoms with Crippen LogP contribution in [0.5, 0.6) is 0 Å². The van der Waals surface area contributed by atoms with Crippen molar-refractivity contribution in [1.29, 1.82) is 0 Å². The maximum atomic E-state index is 11.5. The zero-order valence-electron chi connectivity index (χ0n) is 11.1. The number of rotatable bonds is 6. The first-order chi connectivity index (χ1) is 8.14. The Hall–Kier alpha value is -1.11. The molecule has 1 nitrogen and oxygen atoms in total. The van der Waals surface area contributed by atoms with Gasteiger partial charge in [0.1, 0.15) is 6.29 Å². The number of hydrogen-bond donors (Lipinski definition) is 0. The Morgan fingerprint density at radius 3 is 2.88 bits per heavy atom. The SMILES string of the molecule is C=CCC1(C=O)CCC=CC1CCC=C(C)C. The number of hydrogen-bond acceptors (Lipinski definition) is 1. The zero-order valence-corrected chi connectivity index (χ0v) is 11.1. The molecule has 0 radical (unpaired) electrons. The summed E-state index contributed by atoms with van der Waals surface area (Å²) >= 11 is 0. The first kappa shape index (κ1) is 14.0. The average molecular weight is 232 g/mol. The van der Waals surface area contributed by atoms with E-state index in [1.165, 1.54) is 11.9 Å². The molecule has 0 aromatic carbocycles. The largest absolute Gasteiger partial charge is 0.303 e. The first-order valence-electron chi connectivity index (χ1n) is 6.52. The number of allylic oxidation sites excluding steroid dienone is 5. The number of carbonyl (C=O) groups excluding carboxylic acids is 1. The zero-order chi connectivity index (χ0) is 12.7. The van der Waals surface area contributed by atoms with Crippen LogP contribution in [-0.2, 0) is 4.79 Å². The van der Waals surface area contributed by atoms with E-state index in [9.17, 15) is 4.79 Å². The summed E-state index contributed by atoms with van der Waals surface area (Å²) < 4.78 is 0. The van der Waals surface area contributed by atoms with Gasteiger partial charge in [0.2, 0.25) is 0 Å². The molecular weight excluding hydrogens is 208 g/mol. The third-order valence-electron chi connectivity index (χ3n) is 3.67. The van der Waals surface area contributed by atoms with Crippen LogP contribution in [0.3, 0.4) is 0 Å². The van der Waals surface area contributed by atoms with E-state index in [4.69, 9.17) is 0 Å². The summed E-state index contributed by atoms with van der Waals surface area (Å²) in [5.41, 5.74) is 1.16. The molecular formula is C16H24O. The van der Waals surface area contributed by atoms with Crippen LogP contribution >= 0.6 is 0 Å². The summed E-state index contributed by atoms with van der Waals surface area (Å²) in [5, 5.41) is 0. The minimum atomic E-state index is -0.189. The summed E-state index contributed by atoms with van der Waals surface area (Å²) in [6.45, 7) is 8.03. The lowest BCUT2D eigenvalue weighted by molar-refractivity contribution is -0.118. The predicted octanol–water partition coefficient (Wildman–Crippen LogP) is 4.46. The maximum Gasteiger partial charge on any atom is 0.127 e. The molecule has 2 atom stereocenters. The molecule has 1 rings (SSSR count). The van der Waals surface area contributed by atoms with Crippen molar-refractivity contribution in [3.63, 3.8) is 0 Å². The molecule has 1 aliphatic carbocycles. The van der Waals surface area contributed by atoms with Crippen molar-refractivity contribution in [2.24, 2.45) is 11.3 Å². The van der Waals surface area contributed by atoms with Gasteiger partial charge in [0.05, 0.1) is 0 Å². The van der Waals surface area contributed by atoms with E-state index in [1.807, 2.05) is 6.08 Å². The Labute approximate surface area is 105 Å². The van der Waals surface area contributed by atoms with Gasteiger partial charge in [-0.05, 0) is 51.9 Å². The summed E-state index contributed by atoms with van der Waals surface area (Å²) in [7, 11) is 0. The third-order valence-corrected chi connectivity index (χ3v) is 3.67. The van der Waals surface area contributed by atoms with Gasteiger partial charge < -0.3 is 4.79 Å². The van der Waals surface area contributed by atoms with Crippen molar-refractivity contribution in [3.05, 3.63) is 36.5 Å². The van der Waals surface area contributed by atoms with Gasteiger partial charge >= 0.3 is 0 Å². The van der Waals surface area contributed by atoms with Gasteiger partial charge in [0, 0.05) is 5.41 Å². The molecule has 0 aromatic rings. The molecule has 94 valence electrons. The standard InChI is InChI=1S/C16H24O/c1-4-11-16(13-17)12-6-5-9-15(16)10-7-8-14(2)3/h4-5,8-9,13,15H,1,6-7,10-12H2,2-3H3. The molecule has 1 heteroatoms. The molecule has 0 N–H and O–H groups in total. The lowest BCUT2D eigenvalue weighted by atomic mass is 9.66. The Morgan fingerprint density at radius 1 is 1.53 bits per heavy atom. The molecule has 0 aromatic heterocycles. The minimum absolute atomic E-state index is 0.189. The molecule has 2 unspecified atom stereocenters. The average Bonchev–Trinajstić information content (AvgIpc) is 2.31. The Morgan fingerprint density at radius 2 is 2.29 bits per heavy atom. The molecule has 0 saturated carbocycles. The van der Waals surface area contributed by atoms with Crippen molar-refractivity contribution >= 4 is 6.29 Å². The van der Waals surface area contributed by atoms with Crippen LogP contribution in [0.4, 0.5) is 0 Å². The Balaban J connectivity index is 2.73. The van der Waals surface area contributed by atoms with Crippen LogP contribution in [0.1, 0.15) is 46.0 Å². The molecule has 0 heterocycles. The predicted molar refractivity (Wildman–Crippen MR) is 73.8 cm³/mol. The highest BCUT2D eigenvalue weighted by Crippen LogP contribution is 2.41. The van der Waals surface area contributed by atoms with E-state index in [-0.39, 0.29) is 5.41 Å². The summed E-state index contributed by atoms with van der Waals surface area (Å²) in [4.78, 5) is 11.5. The lowest BCUT2D eigenvalue weighted by Gasteiger charge is -2.36. The smallest absolute Gasteiger partial charge is 0.127 e. The van der Waals surface area contributed by atoms with Gasteiger partial charge in [-0.25, -0.2) is 0 Å². The van der Waals surface area contributed by atoms with Crippen molar-refractivity contribution in [2.45, 2.75) is 46.0 Å². The van der Waals surface area contributed by atoms with Crippen LogP contribution in [-0.4, -0.2) is 6.29 Å². The fourth-order valence-electron chi connectivity index (χ4n) is 2.64. The van der Waals surface area contributed by atoms with Crippen molar-refractivity contribution < 1.29 is 4.79 Å². The van der Waals surface area contributed by atoms with E-state index in [1.54, 1.807) is 0 Å². The monoisotopic (exact) mass is 232 g/mol. The van der Waals surface area contributed by atoms with Crippen LogP contribution in [0, 0.1) is 11.3 Å². The quantitative estimate of drug-likeness (QED) is 0.488. The third kappa shape index (κ3) is 3.69. The van der Waals surface area contributed by atoms with E-state index in [2.05, 4.69) is 38.7 Å². The molecule has 0 bridgehead atoms. The number of aldehydes is 1. The van der Waals surface area contributed by atoms with Crippen molar-refractivity contribution in [2.75, 3.05) is 0 Å². The van der Waals surface area contributed by atoms with E-state index in [0.29, 0.717) is 5.92 Å². The highest BCUT2D eigenvalue weighted by Gasteiger charge is 2.36. The molecule has 0 spiro atoms. The maximum absolute atomic E-state index is 11.5. The highest BCUT2D eigenvalue weighted by atomic mass is 16.1. The topological polar surface area (TPSA) is 17.1 Å². The second kappa shape index (κ2) is 6.58.